The molecule has 1 aromatic heterocycles. The molecule has 232 valence electrons. The van der Waals surface area contributed by atoms with Gasteiger partial charge in [0.1, 0.15) is 11.4 Å². The predicted molar refractivity (Wildman–Crippen MR) is 159 cm³/mol. The van der Waals surface area contributed by atoms with Crippen LogP contribution in [0.2, 0.25) is 0 Å². The van der Waals surface area contributed by atoms with Crippen LogP contribution in [0.1, 0.15) is 80.4 Å². The van der Waals surface area contributed by atoms with Gasteiger partial charge in [-0.2, -0.15) is 13.2 Å². The average molecular weight is 610 g/mol. The molecule has 0 atom stereocenters. The van der Waals surface area contributed by atoms with Crippen molar-refractivity contribution >= 4 is 29.2 Å². The number of amides is 2. The maximum absolute atomic E-state index is 14.0. The molecular weight excluding hydrogens is 575 g/mol. The molecule has 2 fully saturated rings. The Morgan fingerprint density at radius 3 is 2.25 bits per heavy atom. The maximum Gasteiger partial charge on any atom is 0.420 e. The summed E-state index contributed by atoms with van der Waals surface area (Å²) >= 11 is 0. The third-order valence-corrected chi connectivity index (χ3v) is 7.13. The van der Waals surface area contributed by atoms with Crippen molar-refractivity contribution in [2.45, 2.75) is 70.6 Å². The molecule has 5 rings (SSSR count). The SMILES string of the molecule is CC(C)(C)OC(=O)Nc1cc(OCC2CC2)c(C(F)(F)F)cc1NC(=O)CC(=O)c1cccc(-c2ccc(C3CC3)nc2)c1. The van der Waals surface area contributed by atoms with Crippen LogP contribution in [0.3, 0.4) is 0 Å². The van der Waals surface area contributed by atoms with Gasteiger partial charge in [-0.15, -0.1) is 0 Å². The Kier molecular flexibility index (Phi) is 8.67. The number of ketones is 1. The minimum Gasteiger partial charge on any atom is -0.493 e. The molecule has 2 saturated carbocycles. The second-order valence-corrected chi connectivity index (χ2v) is 12.2. The molecule has 8 nitrogen and oxygen atoms in total. The second-order valence-electron chi connectivity index (χ2n) is 12.2. The number of aromatic nitrogens is 1. The number of rotatable bonds is 10. The largest absolute Gasteiger partial charge is 0.493 e. The molecule has 0 radical (unpaired) electrons. The fourth-order valence-corrected chi connectivity index (χ4v) is 4.54. The zero-order valence-corrected chi connectivity index (χ0v) is 24.7. The third-order valence-electron chi connectivity index (χ3n) is 7.13. The summed E-state index contributed by atoms with van der Waals surface area (Å²) in [4.78, 5) is 43.1. The number of hydrogen-bond acceptors (Lipinski definition) is 6. The van der Waals surface area contributed by atoms with Gasteiger partial charge in [-0.05, 0) is 76.1 Å². The van der Waals surface area contributed by atoms with E-state index in [-0.39, 0.29) is 29.5 Å². The van der Waals surface area contributed by atoms with Crippen LogP contribution in [0.25, 0.3) is 11.1 Å². The Morgan fingerprint density at radius 1 is 0.909 bits per heavy atom. The molecule has 2 aliphatic rings. The lowest BCUT2D eigenvalue weighted by Gasteiger charge is -2.22. The van der Waals surface area contributed by atoms with Gasteiger partial charge in [-0.3, -0.25) is 19.9 Å². The van der Waals surface area contributed by atoms with E-state index in [1.54, 1.807) is 45.2 Å². The summed E-state index contributed by atoms with van der Waals surface area (Å²) in [5, 5.41) is 4.78. The van der Waals surface area contributed by atoms with Gasteiger partial charge < -0.3 is 14.8 Å². The van der Waals surface area contributed by atoms with E-state index in [1.807, 2.05) is 18.2 Å². The van der Waals surface area contributed by atoms with Gasteiger partial charge in [-0.25, -0.2) is 4.79 Å². The number of carbonyl (C=O) groups is 3. The van der Waals surface area contributed by atoms with E-state index in [1.165, 1.54) is 0 Å². The lowest BCUT2D eigenvalue weighted by molar-refractivity contribution is -0.139. The number of anilines is 2. The predicted octanol–water partition coefficient (Wildman–Crippen LogP) is 7.99. The summed E-state index contributed by atoms with van der Waals surface area (Å²) in [6.45, 7) is 4.99. The lowest BCUT2D eigenvalue weighted by Crippen LogP contribution is -2.28. The summed E-state index contributed by atoms with van der Waals surface area (Å²) in [6, 6.07) is 12.3. The van der Waals surface area contributed by atoms with E-state index < -0.39 is 47.3 Å². The first-order valence-corrected chi connectivity index (χ1v) is 14.5. The Labute approximate surface area is 253 Å². The molecule has 0 bridgehead atoms. The fraction of sp³-hybridized carbons (Fsp3) is 0.394. The average Bonchev–Trinajstić information content (AvgIpc) is 3.86. The summed E-state index contributed by atoms with van der Waals surface area (Å²) in [7, 11) is 0. The highest BCUT2D eigenvalue weighted by atomic mass is 19.4. The van der Waals surface area contributed by atoms with Crippen LogP contribution < -0.4 is 15.4 Å². The molecule has 0 aliphatic heterocycles. The van der Waals surface area contributed by atoms with Crippen LogP contribution in [-0.4, -0.2) is 35.0 Å². The van der Waals surface area contributed by atoms with Crippen LogP contribution in [0.15, 0.2) is 54.7 Å². The van der Waals surface area contributed by atoms with Crippen LogP contribution in [0.5, 0.6) is 5.75 Å². The molecule has 0 spiro atoms. The molecule has 2 aliphatic carbocycles. The number of ether oxygens (including phenoxy) is 2. The summed E-state index contributed by atoms with van der Waals surface area (Å²) in [6.07, 6.45) is -0.661. The molecule has 2 aromatic carbocycles. The third kappa shape index (κ3) is 8.36. The van der Waals surface area contributed by atoms with Crippen molar-refractivity contribution < 1.29 is 37.0 Å². The number of nitrogens with one attached hydrogen (secondary N) is 2. The van der Waals surface area contributed by atoms with E-state index in [4.69, 9.17) is 9.47 Å². The lowest BCUT2D eigenvalue weighted by atomic mass is 10.0. The summed E-state index contributed by atoms with van der Waals surface area (Å²) in [5.74, 6) is -1.20. The number of nitrogens with zero attached hydrogens (tertiary/aromatic N) is 1. The number of pyridine rings is 1. The van der Waals surface area contributed by atoms with Crippen molar-refractivity contribution in [3.05, 3.63) is 71.5 Å². The van der Waals surface area contributed by atoms with Crippen molar-refractivity contribution in [2.24, 2.45) is 5.92 Å². The molecule has 2 amide bonds. The molecule has 3 aromatic rings. The quantitative estimate of drug-likeness (QED) is 0.178. The van der Waals surface area contributed by atoms with Crippen molar-refractivity contribution in [3.63, 3.8) is 0 Å². The van der Waals surface area contributed by atoms with Gasteiger partial charge in [0, 0.05) is 35.0 Å². The first-order valence-electron chi connectivity index (χ1n) is 14.5. The van der Waals surface area contributed by atoms with Gasteiger partial charge in [0.05, 0.1) is 30.0 Å². The van der Waals surface area contributed by atoms with Crippen molar-refractivity contribution in [1.29, 1.82) is 0 Å². The smallest absolute Gasteiger partial charge is 0.420 e. The minimum atomic E-state index is -4.81. The number of Topliss-reactive ketones (excluding diaryl/α,β-unsaturated/α-hetero) is 1. The van der Waals surface area contributed by atoms with Gasteiger partial charge in [0.15, 0.2) is 5.78 Å². The number of benzene rings is 2. The first-order chi connectivity index (χ1) is 20.7. The normalized spacial score (nSPS) is 15.0. The minimum absolute atomic E-state index is 0.0922. The van der Waals surface area contributed by atoms with E-state index in [0.717, 1.165) is 48.6 Å². The Morgan fingerprint density at radius 2 is 1.64 bits per heavy atom. The van der Waals surface area contributed by atoms with Crippen LogP contribution in [-0.2, 0) is 15.7 Å². The Balaban J connectivity index is 1.35. The second kappa shape index (κ2) is 12.3. The van der Waals surface area contributed by atoms with Crippen LogP contribution >= 0.6 is 0 Å². The summed E-state index contributed by atoms with van der Waals surface area (Å²) < 4.78 is 52.8. The van der Waals surface area contributed by atoms with Crippen LogP contribution in [0.4, 0.5) is 29.3 Å². The van der Waals surface area contributed by atoms with Gasteiger partial charge in [0.25, 0.3) is 0 Å². The van der Waals surface area contributed by atoms with Gasteiger partial charge in [0.2, 0.25) is 5.91 Å². The molecule has 0 unspecified atom stereocenters. The fourth-order valence-electron chi connectivity index (χ4n) is 4.54. The van der Waals surface area contributed by atoms with E-state index in [2.05, 4.69) is 15.6 Å². The zero-order valence-electron chi connectivity index (χ0n) is 24.7. The van der Waals surface area contributed by atoms with Crippen molar-refractivity contribution in [3.8, 4) is 16.9 Å². The highest BCUT2D eigenvalue weighted by Crippen LogP contribution is 2.43. The van der Waals surface area contributed by atoms with Crippen molar-refractivity contribution in [2.75, 3.05) is 17.2 Å². The zero-order chi connectivity index (χ0) is 31.6. The molecule has 1 heterocycles. The molecule has 44 heavy (non-hydrogen) atoms. The van der Waals surface area contributed by atoms with E-state index >= 15 is 0 Å². The van der Waals surface area contributed by atoms with Gasteiger partial charge >= 0.3 is 12.3 Å². The highest BCUT2D eigenvalue weighted by molar-refractivity contribution is 6.12. The van der Waals surface area contributed by atoms with Crippen molar-refractivity contribution in [1.82, 2.24) is 4.98 Å². The molecular formula is C33H34F3N3O5. The van der Waals surface area contributed by atoms with E-state index in [0.29, 0.717) is 12.0 Å². The molecule has 2 N–H and O–H groups in total. The van der Waals surface area contributed by atoms with E-state index in [9.17, 15) is 27.6 Å². The summed E-state index contributed by atoms with van der Waals surface area (Å²) in [5.41, 5.74) is 0.328. The number of halogens is 3. The van der Waals surface area contributed by atoms with Gasteiger partial charge in [-0.1, -0.05) is 24.3 Å². The standard InChI is InChI=1S/C33H34F3N3O5/c1-32(2,3)44-31(42)39-27-15-29(43-18-19-7-8-19)24(33(34,35)36)14-26(27)38-30(41)16-28(40)22-6-4-5-21(13-22)23-11-12-25(37-17-23)20-9-10-20/h4-6,11-15,17,19-20H,7-10,16,18H2,1-3H3,(H,38,41)(H,39,42). The molecule has 11 heteroatoms. The Hall–Kier alpha value is -4.41. The Bertz CT molecular complexity index is 1560. The highest BCUT2D eigenvalue weighted by Gasteiger charge is 2.37. The number of hydrogen-bond donors (Lipinski definition) is 2. The topological polar surface area (TPSA) is 107 Å². The number of carbonyl (C=O) groups excluding carboxylic acids is 3. The monoisotopic (exact) mass is 609 g/mol. The number of alkyl halides is 3. The first kappa shape index (κ1) is 31.0. The van der Waals surface area contributed by atoms with Crippen LogP contribution in [0, 0.1) is 5.92 Å². The maximum atomic E-state index is 14.0. The molecule has 0 saturated heterocycles.